The van der Waals surface area contributed by atoms with Crippen molar-refractivity contribution in [1.82, 2.24) is 0 Å². The van der Waals surface area contributed by atoms with Gasteiger partial charge in [-0.05, 0) is 0 Å². The molecule has 0 amide bonds. The fraction of sp³-hybridized carbons (Fsp3) is 0. The molecule has 8 nitrogen and oxygen atoms in total. The van der Waals surface area contributed by atoms with Crippen LogP contribution in [0.3, 0.4) is 0 Å². The predicted octanol–water partition coefficient (Wildman–Crippen LogP) is -2.68. The Hall–Kier alpha value is 1.61. The van der Waals surface area contributed by atoms with Crippen LogP contribution in [-0.2, 0) is 76.1 Å². The zero-order chi connectivity index (χ0) is 9.00. The molecule has 64 valence electrons. The number of rotatable bonds is 0. The molecule has 0 aliphatic heterocycles. The fourth-order valence-corrected chi connectivity index (χ4v) is 0. The van der Waals surface area contributed by atoms with Gasteiger partial charge in [0, 0.05) is 20.8 Å². The van der Waals surface area contributed by atoms with Crippen molar-refractivity contribution in [2.24, 2.45) is 0 Å². The number of hydrogen-bond donors (Lipinski definition) is 0. The van der Waals surface area contributed by atoms with E-state index >= 15 is 0 Å². The van der Waals surface area contributed by atoms with Crippen LogP contribution in [0.15, 0.2) is 0 Å². The van der Waals surface area contributed by atoms with Gasteiger partial charge in [-0.3, -0.25) is 16.8 Å². The van der Waals surface area contributed by atoms with Crippen LogP contribution in [0, 0.1) is 0 Å². The molecule has 0 atom stereocenters. The molecule has 0 aromatic heterocycles. The van der Waals surface area contributed by atoms with Crippen LogP contribution in [0.5, 0.6) is 0 Å². The molecule has 0 radical (unpaired) electrons. The molecule has 0 aromatic carbocycles. The van der Waals surface area contributed by atoms with E-state index in [2.05, 4.69) is 0 Å². The second-order valence-corrected chi connectivity index (χ2v) is 2.45. The summed E-state index contributed by atoms with van der Waals surface area (Å²) in [6.45, 7) is 0. The average Bonchev–Trinajstić information content (AvgIpc) is 1.12. The van der Waals surface area contributed by atoms with E-state index in [0.29, 0.717) is 0 Å². The van der Waals surface area contributed by atoms with Crippen molar-refractivity contribution in [2.75, 3.05) is 0 Å². The summed E-state index contributed by atoms with van der Waals surface area (Å²) < 4.78 is 68.2. The van der Waals surface area contributed by atoms with Crippen LogP contribution < -0.4 is 0 Å². The third-order valence-electron chi connectivity index (χ3n) is 0. The van der Waals surface area contributed by atoms with Crippen LogP contribution in [-0.4, -0.2) is 35.0 Å². The maximum absolute atomic E-state index is 8.52. The molecule has 0 rings (SSSR count). The van der Waals surface area contributed by atoms with Gasteiger partial charge in [-0.2, -0.15) is 0 Å². The van der Waals surface area contributed by atoms with Crippen molar-refractivity contribution in [3.8, 4) is 0 Å². The molecule has 0 spiro atoms. The van der Waals surface area contributed by atoms with E-state index in [0.717, 1.165) is 0 Å². The predicted molar refractivity (Wildman–Crippen MR) is 20.9 cm³/mol. The summed E-state index contributed by atoms with van der Waals surface area (Å²) in [6, 6.07) is 0. The Balaban J connectivity index is -0.0000000457. The minimum absolute atomic E-state index is 0. The van der Waals surface area contributed by atoms with E-state index in [1.54, 1.807) is 0 Å². The Morgan fingerprint density at radius 2 is 0.583 bits per heavy atom. The smallest absolute Gasteiger partial charge is 0.759 e. The fourth-order valence-electron chi connectivity index (χ4n) is 0. The zero-order valence-electron chi connectivity index (χ0n) is 5.50. The molecule has 0 aliphatic rings. The number of hydrogen-bond acceptors (Lipinski definition) is 8. The van der Waals surface area contributed by atoms with Gasteiger partial charge >= 0.3 is 55.3 Å². The Morgan fingerprint density at radius 3 is 0.583 bits per heavy atom. The van der Waals surface area contributed by atoms with Crippen molar-refractivity contribution >= 4 is 20.8 Å². The van der Waals surface area contributed by atoms with Gasteiger partial charge in [-0.15, -0.1) is 0 Å². The first-order valence-corrected chi connectivity index (χ1v) is 4.00. The van der Waals surface area contributed by atoms with Gasteiger partial charge in [0.1, 0.15) is 0 Å². The first-order chi connectivity index (χ1) is 4.00. The van der Waals surface area contributed by atoms with Crippen molar-refractivity contribution < 1.29 is 90.4 Å². The van der Waals surface area contributed by atoms with Crippen molar-refractivity contribution in [1.29, 1.82) is 0 Å². The minimum Gasteiger partial charge on any atom is -0.759 e. The molecule has 0 fully saturated rings. The molecule has 0 bridgehead atoms. The monoisotopic (exact) mass is 596 g/mol. The second kappa shape index (κ2) is 9.18. The second-order valence-electron chi connectivity index (χ2n) is 0.816. The van der Waals surface area contributed by atoms with E-state index in [4.69, 9.17) is 35.0 Å². The summed E-state index contributed by atoms with van der Waals surface area (Å²) in [5, 5.41) is 0. The summed E-state index contributed by atoms with van der Waals surface area (Å²) in [5.41, 5.74) is 0. The van der Waals surface area contributed by atoms with Gasteiger partial charge in [0.15, 0.2) is 0 Å². The quantitative estimate of drug-likeness (QED) is 0.167. The summed E-state index contributed by atoms with van der Waals surface area (Å²) in [6.07, 6.45) is 0. The summed E-state index contributed by atoms with van der Waals surface area (Å²) in [4.78, 5) is 0. The van der Waals surface area contributed by atoms with Gasteiger partial charge < -0.3 is 18.2 Å². The van der Waals surface area contributed by atoms with E-state index in [1.165, 1.54) is 0 Å². The standard InChI is InChI=1S/2Hg.2H2O4S/c;;2*1-5(2,3)4/h;;2*(H2,1,2,3,4)/q2*+2;;/p-4. The molecule has 12 heavy (non-hydrogen) atoms. The molecule has 0 saturated carbocycles. The molecule has 12 heteroatoms. The van der Waals surface area contributed by atoms with Gasteiger partial charge in [-0.1, -0.05) is 0 Å². The third-order valence-corrected chi connectivity index (χ3v) is 0. The Kier molecular flexibility index (Phi) is 17.9. The van der Waals surface area contributed by atoms with E-state index in [-0.39, 0.29) is 55.3 Å². The van der Waals surface area contributed by atoms with Gasteiger partial charge in [0.2, 0.25) is 0 Å². The summed E-state index contributed by atoms with van der Waals surface area (Å²) >= 11 is 0. The Bertz CT molecular complexity index is 211. The van der Waals surface area contributed by atoms with Crippen LogP contribution in [0.1, 0.15) is 0 Å². The molecular formula is Hg2O8S2. The van der Waals surface area contributed by atoms with E-state index in [1.807, 2.05) is 0 Å². The SMILES string of the molecule is O=S(=O)([O-])[O-].O=S(=O)([O-])[O-].[Hg+2].[Hg+2]. The molecular weight excluding hydrogens is 593 g/mol. The van der Waals surface area contributed by atoms with Gasteiger partial charge in [0.25, 0.3) is 0 Å². The maximum Gasteiger partial charge on any atom is 2.00 e. The molecule has 0 aliphatic carbocycles. The first-order valence-electron chi connectivity index (χ1n) is 1.33. The molecule has 0 N–H and O–H groups in total. The van der Waals surface area contributed by atoms with E-state index in [9.17, 15) is 0 Å². The molecule has 0 heterocycles. The Morgan fingerprint density at radius 1 is 0.583 bits per heavy atom. The minimum atomic E-state index is -5.17. The third kappa shape index (κ3) is 504. The largest absolute Gasteiger partial charge is 2.00 e. The zero-order valence-corrected chi connectivity index (χ0v) is 18.1. The topological polar surface area (TPSA) is 161 Å². The maximum atomic E-state index is 8.52. The summed E-state index contributed by atoms with van der Waals surface area (Å²) in [7, 11) is -10.3. The van der Waals surface area contributed by atoms with Crippen molar-refractivity contribution in [3.05, 3.63) is 0 Å². The van der Waals surface area contributed by atoms with Crippen LogP contribution in [0.4, 0.5) is 0 Å². The molecule has 0 aromatic rings. The molecule has 0 saturated heterocycles. The molecule has 0 unspecified atom stereocenters. The van der Waals surface area contributed by atoms with Crippen LogP contribution in [0.25, 0.3) is 0 Å². The average molecular weight is 593 g/mol. The van der Waals surface area contributed by atoms with E-state index < -0.39 is 20.8 Å². The van der Waals surface area contributed by atoms with Crippen LogP contribution >= 0.6 is 0 Å². The first kappa shape index (κ1) is 23.4. The Labute approximate surface area is 110 Å². The van der Waals surface area contributed by atoms with Crippen LogP contribution in [0.2, 0.25) is 0 Å². The van der Waals surface area contributed by atoms with Gasteiger partial charge in [-0.25, -0.2) is 0 Å². The normalized spacial score (nSPS) is 9.67. The van der Waals surface area contributed by atoms with Crippen molar-refractivity contribution in [2.45, 2.75) is 0 Å². The van der Waals surface area contributed by atoms with Crippen molar-refractivity contribution in [3.63, 3.8) is 0 Å². The summed E-state index contributed by atoms with van der Waals surface area (Å²) in [5.74, 6) is 0. The van der Waals surface area contributed by atoms with Gasteiger partial charge in [0.05, 0.1) is 0 Å².